The molecule has 0 amide bonds. The van der Waals surface area contributed by atoms with Gasteiger partial charge in [-0.1, -0.05) is 45.1 Å². The first-order valence-electron chi connectivity index (χ1n) is 16.9. The van der Waals surface area contributed by atoms with Crippen LogP contribution in [0.15, 0.2) is 69.8 Å². The Morgan fingerprint density at radius 2 is 1.72 bits per heavy atom. The lowest BCUT2D eigenvalue weighted by Gasteiger charge is -2.71. The van der Waals surface area contributed by atoms with Gasteiger partial charge in [0, 0.05) is 40.5 Å². The fraction of sp³-hybridized carbons (Fsp3) is 0.595. The second kappa shape index (κ2) is 10.9. The van der Waals surface area contributed by atoms with Gasteiger partial charge in [0.15, 0.2) is 5.78 Å². The first-order valence-corrected chi connectivity index (χ1v) is 19.2. The molecular formula is C37H47NO6S2. The van der Waals surface area contributed by atoms with Crippen LogP contribution in [0.25, 0.3) is 0 Å². The van der Waals surface area contributed by atoms with Gasteiger partial charge in [-0.15, -0.1) is 11.3 Å². The summed E-state index contributed by atoms with van der Waals surface area (Å²) >= 11 is 1.21. The van der Waals surface area contributed by atoms with Crippen LogP contribution in [0, 0.1) is 33.5 Å². The van der Waals surface area contributed by atoms with Crippen molar-refractivity contribution in [3.63, 3.8) is 0 Å². The van der Waals surface area contributed by atoms with Crippen molar-refractivity contribution in [3.8, 4) is 5.75 Å². The number of sulfonamides is 1. The zero-order valence-electron chi connectivity index (χ0n) is 27.4. The summed E-state index contributed by atoms with van der Waals surface area (Å²) in [5.74, 6) is 0.796. The van der Waals surface area contributed by atoms with E-state index in [1.54, 1.807) is 24.6 Å². The Morgan fingerprint density at radius 3 is 2.39 bits per heavy atom. The molecule has 8 unspecified atom stereocenters. The largest absolute Gasteiger partial charge is 0.497 e. The van der Waals surface area contributed by atoms with Crippen molar-refractivity contribution in [2.75, 3.05) is 20.2 Å². The molecular weight excluding hydrogens is 619 g/mol. The molecule has 9 heteroatoms. The smallest absolute Gasteiger partial charge is 0.252 e. The van der Waals surface area contributed by atoms with Crippen molar-refractivity contribution in [2.45, 2.75) is 88.1 Å². The molecule has 7 nitrogen and oxygen atoms in total. The van der Waals surface area contributed by atoms with Crippen molar-refractivity contribution in [1.29, 1.82) is 0 Å². The second-order valence-corrected chi connectivity index (χ2v) is 18.3. The summed E-state index contributed by atoms with van der Waals surface area (Å²) < 4.78 is 34.8. The summed E-state index contributed by atoms with van der Waals surface area (Å²) in [5.41, 5.74) is -1.63. The molecule has 2 bridgehead atoms. The number of methoxy groups -OCH3 is 1. The standard InChI is InChI=1S/C37H47NO6S2/c1-5-20-38(46(42,43)31-7-6-21-45-31)24-36(41)17-14-30-34(36,3)16-13-29-33(2)15-12-26(39)22-35(33)18-19-37(29,30)28(23-35)32(40)25-8-10-27(44-4)11-9-25/h6-11,18-19,21,23,26,29-30,39,41H,5,12-17,20,22,24H2,1-4H3. The first-order chi connectivity index (χ1) is 21.8. The third-order valence-corrected chi connectivity index (χ3v) is 16.5. The monoisotopic (exact) mass is 665 g/mol. The van der Waals surface area contributed by atoms with Gasteiger partial charge in [-0.2, -0.15) is 4.31 Å². The number of allylic oxidation sites excluding steroid dienone is 4. The number of ether oxygens (including phenoxy) is 1. The predicted molar refractivity (Wildman–Crippen MR) is 179 cm³/mol. The van der Waals surface area contributed by atoms with Crippen molar-refractivity contribution in [2.24, 2.45) is 33.5 Å². The van der Waals surface area contributed by atoms with Crippen LogP contribution < -0.4 is 4.74 Å². The Morgan fingerprint density at radius 1 is 1.02 bits per heavy atom. The number of benzene rings is 1. The van der Waals surface area contributed by atoms with E-state index in [0.717, 1.165) is 31.3 Å². The molecule has 8 atom stereocenters. The Balaban J connectivity index is 1.33. The molecule has 248 valence electrons. The summed E-state index contributed by atoms with van der Waals surface area (Å²) in [4.78, 5) is 14.7. The lowest BCUT2D eigenvalue weighted by Crippen LogP contribution is -2.67. The van der Waals surface area contributed by atoms with Crippen LogP contribution in [0.5, 0.6) is 5.75 Å². The number of thiophene rings is 1. The summed E-state index contributed by atoms with van der Waals surface area (Å²) in [6, 6.07) is 10.7. The number of nitrogens with zero attached hydrogens (tertiary/aromatic N) is 1. The van der Waals surface area contributed by atoms with Crippen LogP contribution in [0.2, 0.25) is 0 Å². The maximum atomic E-state index is 14.7. The van der Waals surface area contributed by atoms with Gasteiger partial charge in [-0.05, 0) is 104 Å². The number of hydrogen-bond donors (Lipinski definition) is 2. The van der Waals surface area contributed by atoms with Gasteiger partial charge in [-0.25, -0.2) is 8.42 Å². The Hall–Kier alpha value is -2.30. The number of ketones is 1. The first kappa shape index (κ1) is 32.3. The fourth-order valence-corrected chi connectivity index (χ4v) is 13.6. The fourth-order valence-electron chi connectivity index (χ4n) is 10.9. The minimum Gasteiger partial charge on any atom is -0.497 e. The van der Waals surface area contributed by atoms with E-state index in [9.17, 15) is 23.4 Å². The summed E-state index contributed by atoms with van der Waals surface area (Å²) in [5, 5.41) is 25.5. The highest BCUT2D eigenvalue weighted by molar-refractivity contribution is 7.91. The Labute approximate surface area is 277 Å². The second-order valence-electron chi connectivity index (χ2n) is 15.1. The molecule has 2 aromatic rings. The van der Waals surface area contributed by atoms with Crippen molar-refractivity contribution < 1.29 is 28.2 Å². The van der Waals surface area contributed by atoms with Crippen LogP contribution in [-0.4, -0.2) is 60.6 Å². The molecule has 6 aliphatic carbocycles. The number of aliphatic hydroxyl groups excluding tert-OH is 1. The van der Waals surface area contributed by atoms with E-state index in [1.807, 2.05) is 31.2 Å². The SMILES string of the molecule is CCCN(CC1(O)CCC2C34C=CC5(C=C3C(=O)c3ccc(OC)cc3)CC(O)CCC5(C)C4CCC21C)S(=O)(=O)c1cccs1. The number of hydrogen-bond acceptors (Lipinski definition) is 7. The molecule has 46 heavy (non-hydrogen) atoms. The highest BCUT2D eigenvalue weighted by atomic mass is 32.2. The maximum absolute atomic E-state index is 14.7. The lowest BCUT2D eigenvalue weighted by molar-refractivity contribution is -0.173. The van der Waals surface area contributed by atoms with Crippen molar-refractivity contribution >= 4 is 27.1 Å². The number of carbonyl (C=O) groups excluding carboxylic acids is 1. The molecule has 2 N–H and O–H groups in total. The van der Waals surface area contributed by atoms with E-state index in [0.29, 0.717) is 47.8 Å². The van der Waals surface area contributed by atoms with E-state index < -0.39 is 38.0 Å². The zero-order valence-corrected chi connectivity index (χ0v) is 29.0. The number of aliphatic hydroxyl groups is 2. The number of fused-ring (bicyclic) bond motifs is 1. The molecule has 0 saturated heterocycles. The van der Waals surface area contributed by atoms with E-state index >= 15 is 0 Å². The molecule has 6 aliphatic rings. The van der Waals surface area contributed by atoms with Gasteiger partial charge in [0.05, 0.1) is 18.8 Å². The van der Waals surface area contributed by atoms with Crippen LogP contribution in [0.4, 0.5) is 0 Å². The minimum absolute atomic E-state index is 0.00827. The molecule has 3 fully saturated rings. The number of Topliss-reactive ketones (excluding diaryl/α,β-unsaturated/α-hetero) is 1. The van der Waals surface area contributed by atoms with Gasteiger partial charge < -0.3 is 14.9 Å². The zero-order chi connectivity index (χ0) is 32.8. The third-order valence-electron chi connectivity index (χ3n) is 13.3. The van der Waals surface area contributed by atoms with Crippen molar-refractivity contribution in [1.82, 2.24) is 4.31 Å². The number of carbonyl (C=O) groups is 1. The normalized spacial score (nSPS) is 39.5. The summed E-state index contributed by atoms with van der Waals surface area (Å²) in [7, 11) is -2.15. The van der Waals surface area contributed by atoms with Crippen LogP contribution in [-0.2, 0) is 10.0 Å². The van der Waals surface area contributed by atoms with E-state index in [2.05, 4.69) is 32.1 Å². The van der Waals surface area contributed by atoms with E-state index in [-0.39, 0.29) is 29.6 Å². The maximum Gasteiger partial charge on any atom is 0.252 e. The summed E-state index contributed by atoms with van der Waals surface area (Å²) in [6.45, 7) is 6.87. The van der Waals surface area contributed by atoms with Gasteiger partial charge in [-0.3, -0.25) is 4.79 Å². The Kier molecular flexibility index (Phi) is 7.61. The topological polar surface area (TPSA) is 104 Å². The third kappa shape index (κ3) is 4.24. The Bertz CT molecular complexity index is 1680. The molecule has 2 spiro atoms. The van der Waals surface area contributed by atoms with Crippen LogP contribution >= 0.6 is 11.3 Å². The van der Waals surface area contributed by atoms with E-state index in [4.69, 9.17) is 4.74 Å². The van der Waals surface area contributed by atoms with Gasteiger partial charge in [0.1, 0.15) is 9.96 Å². The highest BCUT2D eigenvalue weighted by Gasteiger charge is 2.74. The lowest BCUT2D eigenvalue weighted by atomic mass is 9.32. The molecule has 1 aromatic carbocycles. The average Bonchev–Trinajstić information content (AvgIpc) is 3.68. The van der Waals surface area contributed by atoms with Gasteiger partial charge in [0.25, 0.3) is 10.0 Å². The summed E-state index contributed by atoms with van der Waals surface area (Å²) in [6.07, 6.45) is 12.0. The quantitative estimate of drug-likeness (QED) is 0.230. The highest BCUT2D eigenvalue weighted by Crippen LogP contribution is 2.78. The van der Waals surface area contributed by atoms with E-state index in [1.165, 1.54) is 15.6 Å². The van der Waals surface area contributed by atoms with Crippen molar-refractivity contribution in [3.05, 3.63) is 71.1 Å². The van der Waals surface area contributed by atoms with Gasteiger partial charge in [0.2, 0.25) is 0 Å². The predicted octanol–water partition coefficient (Wildman–Crippen LogP) is 6.63. The van der Waals surface area contributed by atoms with Crippen LogP contribution in [0.1, 0.15) is 82.5 Å². The molecule has 1 heterocycles. The average molecular weight is 666 g/mol. The van der Waals surface area contributed by atoms with Crippen LogP contribution in [0.3, 0.4) is 0 Å². The molecule has 3 saturated carbocycles. The number of rotatable bonds is 9. The molecule has 0 aliphatic heterocycles. The molecule has 8 rings (SSSR count). The molecule has 1 aromatic heterocycles. The van der Waals surface area contributed by atoms with Gasteiger partial charge >= 0.3 is 0 Å². The molecule has 0 radical (unpaired) electrons. The minimum atomic E-state index is -3.77.